The summed E-state index contributed by atoms with van der Waals surface area (Å²) in [5.74, 6) is -0.262. The summed E-state index contributed by atoms with van der Waals surface area (Å²) in [5, 5.41) is 0. The van der Waals surface area contributed by atoms with Crippen molar-refractivity contribution in [3.63, 3.8) is 0 Å². The lowest BCUT2D eigenvalue weighted by Gasteiger charge is -2.36. The van der Waals surface area contributed by atoms with Crippen molar-refractivity contribution in [1.82, 2.24) is 0 Å². The third kappa shape index (κ3) is 4.51. The summed E-state index contributed by atoms with van der Waals surface area (Å²) in [7, 11) is 0. The fraction of sp³-hybridized carbons (Fsp3) is 0.300. The van der Waals surface area contributed by atoms with Crippen LogP contribution in [0.15, 0.2) is 60.7 Å². The van der Waals surface area contributed by atoms with Crippen molar-refractivity contribution >= 4 is 6.08 Å². The summed E-state index contributed by atoms with van der Waals surface area (Å²) in [6.45, 7) is 2.89. The number of hydrogen-bond acceptors (Lipinski definition) is 3. The molecule has 4 heteroatoms. The monoisotopic (exact) mass is 328 g/mol. The van der Waals surface area contributed by atoms with Crippen LogP contribution in [0.25, 0.3) is 6.08 Å². The van der Waals surface area contributed by atoms with E-state index >= 15 is 0 Å². The number of halogens is 1. The molecule has 1 heterocycles. The molecule has 0 aromatic heterocycles. The maximum Gasteiger partial charge on any atom is 0.177 e. The summed E-state index contributed by atoms with van der Waals surface area (Å²) in [6.07, 6.45) is 3.45. The van der Waals surface area contributed by atoms with E-state index < -0.39 is 11.9 Å². The molecule has 0 saturated carbocycles. The van der Waals surface area contributed by atoms with Crippen molar-refractivity contribution in [3.8, 4) is 0 Å². The fourth-order valence-electron chi connectivity index (χ4n) is 2.42. The maximum absolute atomic E-state index is 13.6. The molecule has 1 fully saturated rings. The molecule has 0 N–H and O–H groups in total. The van der Waals surface area contributed by atoms with Crippen LogP contribution >= 0.6 is 0 Å². The zero-order chi connectivity index (χ0) is 16.8. The van der Waals surface area contributed by atoms with Crippen LogP contribution < -0.4 is 0 Å². The Morgan fingerprint density at radius 2 is 1.75 bits per heavy atom. The van der Waals surface area contributed by atoms with Crippen molar-refractivity contribution in [1.29, 1.82) is 0 Å². The first-order chi connectivity index (χ1) is 11.6. The standard InChI is InChI=1S/C20H21FO3/c1-20(24-13-17-9-5-6-10-18(17)21)14-22-19(23-15-20)12-11-16-7-3-2-4-8-16/h2-12,19H,13-15H2,1H3. The van der Waals surface area contributed by atoms with Gasteiger partial charge in [0.15, 0.2) is 6.29 Å². The fourth-order valence-corrected chi connectivity index (χ4v) is 2.42. The number of benzene rings is 2. The van der Waals surface area contributed by atoms with Gasteiger partial charge in [-0.2, -0.15) is 0 Å². The van der Waals surface area contributed by atoms with Gasteiger partial charge in [0, 0.05) is 5.56 Å². The number of ether oxygens (including phenoxy) is 3. The lowest BCUT2D eigenvalue weighted by Crippen LogP contribution is -2.46. The topological polar surface area (TPSA) is 27.7 Å². The third-order valence-corrected chi connectivity index (χ3v) is 3.89. The van der Waals surface area contributed by atoms with Gasteiger partial charge in [-0.3, -0.25) is 0 Å². The van der Waals surface area contributed by atoms with Crippen LogP contribution in [0.5, 0.6) is 0 Å². The highest BCUT2D eigenvalue weighted by molar-refractivity contribution is 5.49. The molecule has 1 saturated heterocycles. The number of rotatable bonds is 5. The summed E-state index contributed by atoms with van der Waals surface area (Å²) in [5.41, 5.74) is 1.04. The van der Waals surface area contributed by atoms with Crippen molar-refractivity contribution < 1.29 is 18.6 Å². The van der Waals surface area contributed by atoms with Gasteiger partial charge in [0.2, 0.25) is 0 Å². The highest BCUT2D eigenvalue weighted by Crippen LogP contribution is 2.22. The van der Waals surface area contributed by atoms with Gasteiger partial charge in [-0.1, -0.05) is 54.6 Å². The summed E-state index contributed by atoms with van der Waals surface area (Å²) in [4.78, 5) is 0. The number of hydrogen-bond donors (Lipinski definition) is 0. The van der Waals surface area contributed by atoms with Gasteiger partial charge >= 0.3 is 0 Å². The first-order valence-electron chi connectivity index (χ1n) is 7.98. The zero-order valence-electron chi connectivity index (χ0n) is 13.7. The van der Waals surface area contributed by atoms with E-state index in [-0.39, 0.29) is 12.4 Å². The Hall–Kier alpha value is -2.01. The van der Waals surface area contributed by atoms with Crippen LogP contribution in [-0.4, -0.2) is 25.1 Å². The van der Waals surface area contributed by atoms with Gasteiger partial charge in [0.05, 0.1) is 19.8 Å². The average Bonchev–Trinajstić information content (AvgIpc) is 2.62. The minimum atomic E-state index is -0.584. The Balaban J connectivity index is 1.50. The Morgan fingerprint density at radius 3 is 2.46 bits per heavy atom. The van der Waals surface area contributed by atoms with Gasteiger partial charge in [0.1, 0.15) is 11.4 Å². The predicted octanol–water partition coefficient (Wildman–Crippen LogP) is 4.19. The lowest BCUT2D eigenvalue weighted by atomic mass is 10.1. The predicted molar refractivity (Wildman–Crippen MR) is 90.8 cm³/mol. The van der Waals surface area contributed by atoms with Crippen LogP contribution in [0, 0.1) is 5.82 Å². The van der Waals surface area contributed by atoms with Crippen molar-refractivity contribution in [2.45, 2.75) is 25.4 Å². The minimum absolute atomic E-state index is 0.195. The van der Waals surface area contributed by atoms with Gasteiger partial charge in [-0.05, 0) is 24.6 Å². The molecule has 0 atom stereocenters. The molecule has 126 valence electrons. The van der Waals surface area contributed by atoms with Gasteiger partial charge < -0.3 is 14.2 Å². The van der Waals surface area contributed by atoms with Crippen LogP contribution in [0.1, 0.15) is 18.1 Å². The highest BCUT2D eigenvalue weighted by Gasteiger charge is 2.33. The molecule has 2 aromatic carbocycles. The van der Waals surface area contributed by atoms with Crippen molar-refractivity contribution in [3.05, 3.63) is 77.6 Å². The Morgan fingerprint density at radius 1 is 1.08 bits per heavy atom. The molecule has 3 nitrogen and oxygen atoms in total. The SMILES string of the molecule is CC1(OCc2ccccc2F)COC(C=Cc2ccccc2)OC1. The summed E-state index contributed by atoms with van der Waals surface area (Å²) in [6, 6.07) is 16.6. The van der Waals surface area contributed by atoms with E-state index in [0.717, 1.165) is 5.56 Å². The summed E-state index contributed by atoms with van der Waals surface area (Å²) < 4.78 is 30.9. The first kappa shape index (κ1) is 16.8. The van der Waals surface area contributed by atoms with Crippen LogP contribution in [-0.2, 0) is 20.8 Å². The van der Waals surface area contributed by atoms with Crippen molar-refractivity contribution in [2.24, 2.45) is 0 Å². The Bertz CT molecular complexity index is 676. The molecule has 1 aliphatic heterocycles. The van der Waals surface area contributed by atoms with Gasteiger partial charge in [-0.15, -0.1) is 0 Å². The van der Waals surface area contributed by atoms with E-state index in [1.165, 1.54) is 6.07 Å². The van der Waals surface area contributed by atoms with Crippen LogP contribution in [0.4, 0.5) is 4.39 Å². The molecule has 0 unspecified atom stereocenters. The molecule has 2 aromatic rings. The van der Waals surface area contributed by atoms with Crippen LogP contribution in [0.2, 0.25) is 0 Å². The molecule has 3 rings (SSSR count). The maximum atomic E-state index is 13.6. The van der Waals surface area contributed by atoms with Crippen molar-refractivity contribution in [2.75, 3.05) is 13.2 Å². The molecule has 0 radical (unpaired) electrons. The van der Waals surface area contributed by atoms with Gasteiger partial charge in [0.25, 0.3) is 0 Å². The quantitative estimate of drug-likeness (QED) is 0.824. The Labute approximate surface area is 141 Å². The van der Waals surface area contributed by atoms with Gasteiger partial charge in [-0.25, -0.2) is 4.39 Å². The molecule has 0 amide bonds. The zero-order valence-corrected chi connectivity index (χ0v) is 13.7. The Kier molecular flexibility index (Phi) is 5.41. The second-order valence-corrected chi connectivity index (χ2v) is 6.09. The van der Waals surface area contributed by atoms with E-state index in [2.05, 4.69) is 0 Å². The van der Waals surface area contributed by atoms with E-state index in [1.54, 1.807) is 18.2 Å². The second kappa shape index (κ2) is 7.71. The molecular weight excluding hydrogens is 307 g/mol. The lowest BCUT2D eigenvalue weighted by molar-refractivity contribution is -0.246. The molecule has 0 spiro atoms. The first-order valence-corrected chi connectivity index (χ1v) is 7.98. The molecule has 0 bridgehead atoms. The average molecular weight is 328 g/mol. The smallest absolute Gasteiger partial charge is 0.177 e. The summed E-state index contributed by atoms with van der Waals surface area (Å²) >= 11 is 0. The largest absolute Gasteiger partial charge is 0.366 e. The third-order valence-electron chi connectivity index (χ3n) is 3.89. The van der Waals surface area contributed by atoms with E-state index in [0.29, 0.717) is 18.8 Å². The molecule has 0 aliphatic carbocycles. The molecule has 24 heavy (non-hydrogen) atoms. The second-order valence-electron chi connectivity index (χ2n) is 6.09. The minimum Gasteiger partial charge on any atom is -0.366 e. The van der Waals surface area contributed by atoms with E-state index in [1.807, 2.05) is 49.4 Å². The van der Waals surface area contributed by atoms with Crippen LogP contribution in [0.3, 0.4) is 0 Å². The molecule has 1 aliphatic rings. The highest BCUT2D eigenvalue weighted by atomic mass is 19.1. The normalized spacial score (nSPS) is 24.3. The van der Waals surface area contributed by atoms with E-state index in [4.69, 9.17) is 14.2 Å². The van der Waals surface area contributed by atoms with E-state index in [9.17, 15) is 4.39 Å². The molecular formula is C20H21FO3.